The second-order valence-electron chi connectivity index (χ2n) is 6.07. The molecular weight excluding hydrogens is 238 g/mol. The molecule has 0 saturated carbocycles. The van der Waals surface area contributed by atoms with E-state index in [1.165, 1.54) is 0 Å². The number of aromatic nitrogens is 1. The third-order valence-electron chi connectivity index (χ3n) is 3.51. The predicted octanol–water partition coefficient (Wildman–Crippen LogP) is 3.32. The fourth-order valence-electron chi connectivity index (χ4n) is 1.73. The maximum atomic E-state index is 5.89. The van der Waals surface area contributed by atoms with Crippen LogP contribution in [-0.2, 0) is 0 Å². The van der Waals surface area contributed by atoms with Gasteiger partial charge < -0.3 is 15.4 Å². The Labute approximate surface area is 117 Å². The quantitative estimate of drug-likeness (QED) is 0.887. The van der Waals surface area contributed by atoms with Crippen LogP contribution >= 0.6 is 0 Å². The Morgan fingerprint density at radius 1 is 1.37 bits per heavy atom. The summed E-state index contributed by atoms with van der Waals surface area (Å²) in [7, 11) is 2.05. The molecular formula is C15H27N3O. The molecule has 19 heavy (non-hydrogen) atoms. The molecule has 4 heteroatoms. The second-order valence-corrected chi connectivity index (χ2v) is 6.07. The summed E-state index contributed by atoms with van der Waals surface area (Å²) in [5.74, 6) is 1.43. The van der Waals surface area contributed by atoms with Crippen LogP contribution in [0.5, 0.6) is 5.88 Å². The van der Waals surface area contributed by atoms with Crippen molar-refractivity contribution < 1.29 is 4.74 Å². The summed E-state index contributed by atoms with van der Waals surface area (Å²) < 4.78 is 5.58. The summed E-state index contributed by atoms with van der Waals surface area (Å²) >= 11 is 0. The Bertz CT molecular complexity index is 412. The van der Waals surface area contributed by atoms with Crippen LogP contribution in [0.15, 0.2) is 12.1 Å². The Morgan fingerprint density at radius 2 is 2.00 bits per heavy atom. The lowest BCUT2D eigenvalue weighted by Gasteiger charge is -2.36. The normalized spacial score (nSPS) is 13.2. The van der Waals surface area contributed by atoms with E-state index in [4.69, 9.17) is 10.5 Å². The van der Waals surface area contributed by atoms with Crippen LogP contribution in [0.25, 0.3) is 0 Å². The summed E-state index contributed by atoms with van der Waals surface area (Å²) in [5.41, 5.74) is 6.66. The standard InChI is InChI=1S/C15H27N3O/c1-7-10-19-14-12(16)8-9-13(17-14)18(6)11(2)15(3,4)5/h8-9,11H,7,10,16H2,1-6H3. The van der Waals surface area contributed by atoms with Crippen molar-refractivity contribution in [3.8, 4) is 5.88 Å². The third kappa shape index (κ3) is 4.01. The molecule has 0 saturated heterocycles. The summed E-state index contributed by atoms with van der Waals surface area (Å²) in [5, 5.41) is 0. The highest BCUT2D eigenvalue weighted by Crippen LogP contribution is 2.29. The lowest BCUT2D eigenvalue weighted by atomic mass is 9.87. The van der Waals surface area contributed by atoms with Crippen molar-refractivity contribution in [2.75, 3.05) is 24.3 Å². The monoisotopic (exact) mass is 265 g/mol. The van der Waals surface area contributed by atoms with Crippen molar-refractivity contribution in [2.24, 2.45) is 5.41 Å². The fourth-order valence-corrected chi connectivity index (χ4v) is 1.73. The number of anilines is 2. The zero-order valence-corrected chi connectivity index (χ0v) is 13.0. The molecule has 1 atom stereocenters. The SMILES string of the molecule is CCCOc1nc(N(C)C(C)C(C)(C)C)ccc1N. The van der Waals surface area contributed by atoms with Gasteiger partial charge in [-0.2, -0.15) is 4.98 Å². The van der Waals surface area contributed by atoms with E-state index in [2.05, 4.69) is 51.6 Å². The van der Waals surface area contributed by atoms with E-state index < -0.39 is 0 Å². The first-order valence-electron chi connectivity index (χ1n) is 6.89. The molecule has 1 aromatic heterocycles. The molecule has 1 rings (SSSR count). The van der Waals surface area contributed by atoms with Gasteiger partial charge in [-0.3, -0.25) is 0 Å². The number of hydrogen-bond acceptors (Lipinski definition) is 4. The van der Waals surface area contributed by atoms with Crippen molar-refractivity contribution in [3.63, 3.8) is 0 Å². The van der Waals surface area contributed by atoms with E-state index in [-0.39, 0.29) is 5.41 Å². The minimum atomic E-state index is 0.183. The first-order valence-corrected chi connectivity index (χ1v) is 6.89. The zero-order chi connectivity index (χ0) is 14.6. The molecule has 1 aromatic rings. The molecule has 0 aromatic carbocycles. The molecule has 0 amide bonds. The fraction of sp³-hybridized carbons (Fsp3) is 0.667. The Hall–Kier alpha value is -1.45. The Kier molecular flexibility index (Phi) is 5.04. The van der Waals surface area contributed by atoms with Crippen LogP contribution in [0, 0.1) is 5.41 Å². The van der Waals surface area contributed by atoms with Crippen molar-refractivity contribution >= 4 is 11.5 Å². The molecule has 0 radical (unpaired) electrons. The molecule has 4 nitrogen and oxygen atoms in total. The van der Waals surface area contributed by atoms with Crippen molar-refractivity contribution in [1.82, 2.24) is 4.98 Å². The molecule has 1 unspecified atom stereocenters. The van der Waals surface area contributed by atoms with Crippen LogP contribution in [-0.4, -0.2) is 24.7 Å². The first kappa shape index (κ1) is 15.6. The molecule has 0 aliphatic carbocycles. The lowest BCUT2D eigenvalue weighted by molar-refractivity contribution is 0.304. The van der Waals surface area contributed by atoms with Crippen LogP contribution in [0.1, 0.15) is 41.0 Å². The maximum absolute atomic E-state index is 5.89. The Balaban J connectivity index is 2.95. The highest BCUT2D eigenvalue weighted by atomic mass is 16.5. The number of nitrogens with zero attached hydrogens (tertiary/aromatic N) is 2. The van der Waals surface area contributed by atoms with Gasteiger partial charge in [0.2, 0.25) is 5.88 Å². The minimum absolute atomic E-state index is 0.183. The van der Waals surface area contributed by atoms with Gasteiger partial charge in [-0.1, -0.05) is 27.7 Å². The van der Waals surface area contributed by atoms with E-state index in [1.807, 2.05) is 12.1 Å². The van der Waals surface area contributed by atoms with Gasteiger partial charge in [0.1, 0.15) is 5.82 Å². The van der Waals surface area contributed by atoms with Gasteiger partial charge in [0, 0.05) is 13.1 Å². The number of hydrogen-bond donors (Lipinski definition) is 1. The van der Waals surface area contributed by atoms with Crippen LogP contribution in [0.3, 0.4) is 0 Å². The zero-order valence-electron chi connectivity index (χ0n) is 13.0. The second kappa shape index (κ2) is 6.13. The topological polar surface area (TPSA) is 51.4 Å². The van der Waals surface area contributed by atoms with Gasteiger partial charge in [0.25, 0.3) is 0 Å². The highest BCUT2D eigenvalue weighted by molar-refractivity contribution is 5.54. The van der Waals surface area contributed by atoms with Gasteiger partial charge >= 0.3 is 0 Å². The van der Waals surface area contributed by atoms with Crippen LogP contribution < -0.4 is 15.4 Å². The smallest absolute Gasteiger partial charge is 0.239 e. The lowest BCUT2D eigenvalue weighted by Crippen LogP contribution is -2.39. The first-order chi connectivity index (χ1) is 8.77. The summed E-state index contributed by atoms with van der Waals surface area (Å²) in [6.45, 7) is 11.6. The largest absolute Gasteiger partial charge is 0.476 e. The number of ether oxygens (including phenoxy) is 1. The number of nitrogens with two attached hydrogens (primary N) is 1. The number of pyridine rings is 1. The molecule has 2 N–H and O–H groups in total. The molecule has 0 bridgehead atoms. The van der Waals surface area contributed by atoms with E-state index in [1.54, 1.807) is 0 Å². The van der Waals surface area contributed by atoms with E-state index in [9.17, 15) is 0 Å². The minimum Gasteiger partial charge on any atom is -0.476 e. The average Bonchev–Trinajstić information content (AvgIpc) is 2.35. The van der Waals surface area contributed by atoms with Gasteiger partial charge in [-0.05, 0) is 30.9 Å². The average molecular weight is 265 g/mol. The van der Waals surface area contributed by atoms with Gasteiger partial charge in [-0.25, -0.2) is 0 Å². The molecule has 108 valence electrons. The highest BCUT2D eigenvalue weighted by Gasteiger charge is 2.25. The van der Waals surface area contributed by atoms with Gasteiger partial charge in [-0.15, -0.1) is 0 Å². The van der Waals surface area contributed by atoms with Crippen molar-refractivity contribution in [3.05, 3.63) is 12.1 Å². The third-order valence-corrected chi connectivity index (χ3v) is 3.51. The number of nitrogen functional groups attached to an aromatic ring is 1. The van der Waals surface area contributed by atoms with Crippen LogP contribution in [0.2, 0.25) is 0 Å². The molecule has 0 aliphatic rings. The predicted molar refractivity (Wildman–Crippen MR) is 81.8 cm³/mol. The summed E-state index contributed by atoms with van der Waals surface area (Å²) in [4.78, 5) is 6.69. The van der Waals surface area contributed by atoms with Crippen molar-refractivity contribution in [2.45, 2.75) is 47.1 Å². The van der Waals surface area contributed by atoms with E-state index in [0.29, 0.717) is 24.2 Å². The molecule has 0 aliphatic heterocycles. The van der Waals surface area contributed by atoms with Crippen LogP contribution in [0.4, 0.5) is 11.5 Å². The molecule has 0 fully saturated rings. The summed E-state index contributed by atoms with van der Waals surface area (Å²) in [6, 6.07) is 4.16. The number of rotatable bonds is 5. The van der Waals surface area contributed by atoms with E-state index in [0.717, 1.165) is 12.2 Å². The molecule has 0 spiro atoms. The summed E-state index contributed by atoms with van der Waals surface area (Å²) in [6.07, 6.45) is 0.944. The Morgan fingerprint density at radius 3 is 2.53 bits per heavy atom. The van der Waals surface area contributed by atoms with E-state index >= 15 is 0 Å². The van der Waals surface area contributed by atoms with Gasteiger partial charge in [0.15, 0.2) is 0 Å². The maximum Gasteiger partial charge on any atom is 0.239 e. The van der Waals surface area contributed by atoms with Crippen molar-refractivity contribution in [1.29, 1.82) is 0 Å². The molecule has 1 heterocycles. The van der Waals surface area contributed by atoms with Gasteiger partial charge in [0.05, 0.1) is 12.3 Å².